The first-order chi connectivity index (χ1) is 15.2. The quantitative estimate of drug-likeness (QED) is 0.407. The number of nitrogens with zero attached hydrogens (tertiary/aromatic N) is 3. The minimum atomic E-state index is -4.48. The molecule has 0 bridgehead atoms. The Hall–Kier alpha value is -2.72. The largest absolute Gasteiger partial charge is 0.481 e. The van der Waals surface area contributed by atoms with Gasteiger partial charge >= 0.3 is 6.18 Å². The number of rotatable bonds is 8. The van der Waals surface area contributed by atoms with Gasteiger partial charge in [-0.3, -0.25) is 4.79 Å². The lowest BCUT2D eigenvalue weighted by Crippen LogP contribution is -2.16. The van der Waals surface area contributed by atoms with Gasteiger partial charge in [-0.15, -0.1) is 10.2 Å². The molecule has 0 radical (unpaired) electrons. The number of hydrogen-bond donors (Lipinski definition) is 1. The normalized spacial score (nSPS) is 12.4. The van der Waals surface area contributed by atoms with Gasteiger partial charge in [0.1, 0.15) is 5.75 Å². The minimum absolute atomic E-state index is 0.0475. The highest BCUT2D eigenvalue weighted by Gasteiger charge is 2.30. The molecule has 0 spiro atoms. The predicted molar refractivity (Wildman–Crippen MR) is 117 cm³/mol. The van der Waals surface area contributed by atoms with E-state index in [2.05, 4.69) is 15.5 Å². The molecule has 3 rings (SSSR count). The number of carbonyl (C=O) groups is 1. The van der Waals surface area contributed by atoms with Gasteiger partial charge in [0.05, 0.1) is 16.3 Å². The zero-order valence-corrected chi connectivity index (χ0v) is 18.8. The van der Waals surface area contributed by atoms with Crippen LogP contribution in [0.3, 0.4) is 0 Å². The number of halogens is 4. The van der Waals surface area contributed by atoms with Crippen LogP contribution in [-0.4, -0.2) is 26.4 Å². The highest BCUT2D eigenvalue weighted by atomic mass is 35.5. The molecule has 3 aromatic rings. The molecule has 1 heterocycles. The summed E-state index contributed by atoms with van der Waals surface area (Å²) in [5, 5.41) is 11.8. The standard InChI is InChI=1S/C21H20ClF3N4O2S/c1-3-29-19(13(2)31-17-10-5-4-9-16(17)22)27-28-20(29)32-12-18(30)26-15-8-6-7-14(11-15)21(23,24)25/h4-11,13H,3,12H2,1-2H3,(H,26,30). The average Bonchev–Trinajstić information content (AvgIpc) is 3.16. The molecule has 1 atom stereocenters. The molecule has 2 aromatic carbocycles. The molecule has 0 aliphatic heterocycles. The van der Waals surface area contributed by atoms with Gasteiger partial charge in [0, 0.05) is 12.2 Å². The summed E-state index contributed by atoms with van der Waals surface area (Å²) in [7, 11) is 0. The van der Waals surface area contributed by atoms with Gasteiger partial charge in [-0.1, -0.05) is 41.6 Å². The molecule has 0 aliphatic carbocycles. The van der Waals surface area contributed by atoms with Gasteiger partial charge in [-0.25, -0.2) is 0 Å². The molecule has 0 saturated heterocycles. The van der Waals surface area contributed by atoms with Crippen LogP contribution in [0.25, 0.3) is 0 Å². The number of carbonyl (C=O) groups excluding carboxylic acids is 1. The Labute approximate surface area is 192 Å². The van der Waals surface area contributed by atoms with E-state index in [1.54, 1.807) is 18.2 Å². The first kappa shape index (κ1) is 23.9. The van der Waals surface area contributed by atoms with Crippen LogP contribution in [0.2, 0.25) is 5.02 Å². The number of alkyl halides is 3. The van der Waals surface area contributed by atoms with E-state index in [9.17, 15) is 18.0 Å². The molecule has 1 aromatic heterocycles. The summed E-state index contributed by atoms with van der Waals surface area (Å²) in [5.74, 6) is 0.575. The molecule has 0 saturated carbocycles. The van der Waals surface area contributed by atoms with E-state index in [0.717, 1.165) is 23.9 Å². The summed E-state index contributed by atoms with van der Waals surface area (Å²) < 4.78 is 46.2. The van der Waals surface area contributed by atoms with Crippen LogP contribution in [0.5, 0.6) is 5.75 Å². The Balaban J connectivity index is 1.64. The molecule has 0 aliphatic rings. The van der Waals surface area contributed by atoms with Crippen molar-refractivity contribution in [2.45, 2.75) is 37.8 Å². The van der Waals surface area contributed by atoms with E-state index in [0.29, 0.717) is 28.3 Å². The van der Waals surface area contributed by atoms with Gasteiger partial charge < -0.3 is 14.6 Å². The van der Waals surface area contributed by atoms with Crippen LogP contribution < -0.4 is 10.1 Å². The Kier molecular flexibility index (Phi) is 7.68. The molecular formula is C21H20ClF3N4O2S. The maximum absolute atomic E-state index is 12.8. The Morgan fingerprint density at radius 3 is 2.66 bits per heavy atom. The fraction of sp³-hybridized carbons (Fsp3) is 0.286. The molecule has 1 N–H and O–H groups in total. The second kappa shape index (κ2) is 10.3. The number of anilines is 1. The zero-order chi connectivity index (χ0) is 23.3. The average molecular weight is 485 g/mol. The lowest BCUT2D eigenvalue weighted by Gasteiger charge is -2.16. The monoisotopic (exact) mass is 484 g/mol. The fourth-order valence-corrected chi connectivity index (χ4v) is 3.88. The van der Waals surface area contributed by atoms with E-state index in [1.807, 2.05) is 24.5 Å². The maximum atomic E-state index is 12.8. The summed E-state index contributed by atoms with van der Waals surface area (Å²) in [6, 6.07) is 11.6. The number of para-hydroxylation sites is 1. The summed E-state index contributed by atoms with van der Waals surface area (Å²) in [5.41, 5.74) is -0.754. The Morgan fingerprint density at radius 1 is 1.22 bits per heavy atom. The van der Waals surface area contributed by atoms with E-state index in [4.69, 9.17) is 16.3 Å². The Bertz CT molecular complexity index is 1090. The van der Waals surface area contributed by atoms with Crippen LogP contribution in [0.4, 0.5) is 18.9 Å². The van der Waals surface area contributed by atoms with Crippen molar-refractivity contribution < 1.29 is 22.7 Å². The first-order valence-corrected chi connectivity index (χ1v) is 11.0. The van der Waals surface area contributed by atoms with Gasteiger partial charge in [-0.05, 0) is 44.2 Å². The van der Waals surface area contributed by atoms with E-state index < -0.39 is 23.8 Å². The number of thioether (sulfide) groups is 1. The SMILES string of the molecule is CCn1c(SCC(=O)Nc2cccc(C(F)(F)F)c2)nnc1C(C)Oc1ccccc1Cl. The molecule has 1 amide bonds. The van der Waals surface area contributed by atoms with Gasteiger partial charge in [-0.2, -0.15) is 13.2 Å². The molecule has 32 heavy (non-hydrogen) atoms. The van der Waals surface area contributed by atoms with Crippen molar-refractivity contribution in [3.8, 4) is 5.75 Å². The number of amides is 1. The van der Waals surface area contributed by atoms with Gasteiger partial charge in [0.2, 0.25) is 5.91 Å². The van der Waals surface area contributed by atoms with Crippen LogP contribution in [0, 0.1) is 0 Å². The van der Waals surface area contributed by atoms with Gasteiger partial charge in [0.15, 0.2) is 17.1 Å². The van der Waals surface area contributed by atoms with Crippen LogP contribution in [0.15, 0.2) is 53.7 Å². The first-order valence-electron chi connectivity index (χ1n) is 9.63. The van der Waals surface area contributed by atoms with Gasteiger partial charge in [0.25, 0.3) is 0 Å². The van der Waals surface area contributed by atoms with Crippen molar-refractivity contribution in [2.75, 3.05) is 11.1 Å². The molecule has 1 unspecified atom stereocenters. The van der Waals surface area contributed by atoms with Crippen LogP contribution in [-0.2, 0) is 17.5 Å². The van der Waals surface area contributed by atoms with Crippen molar-refractivity contribution in [1.82, 2.24) is 14.8 Å². The molecule has 0 fully saturated rings. The number of hydrogen-bond acceptors (Lipinski definition) is 5. The summed E-state index contributed by atoms with van der Waals surface area (Å²) in [6.45, 7) is 4.26. The summed E-state index contributed by atoms with van der Waals surface area (Å²) >= 11 is 7.27. The molecule has 6 nitrogen and oxygen atoms in total. The van der Waals surface area contributed by atoms with Crippen molar-refractivity contribution in [1.29, 1.82) is 0 Å². The number of benzene rings is 2. The summed E-state index contributed by atoms with van der Waals surface area (Å²) in [4.78, 5) is 12.3. The van der Waals surface area contributed by atoms with Crippen LogP contribution in [0.1, 0.15) is 31.3 Å². The van der Waals surface area contributed by atoms with Crippen molar-refractivity contribution in [3.63, 3.8) is 0 Å². The van der Waals surface area contributed by atoms with Crippen LogP contribution >= 0.6 is 23.4 Å². The minimum Gasteiger partial charge on any atom is -0.481 e. The highest BCUT2D eigenvalue weighted by Crippen LogP contribution is 2.31. The fourth-order valence-electron chi connectivity index (χ4n) is 2.89. The number of ether oxygens (including phenoxy) is 1. The second-order valence-electron chi connectivity index (χ2n) is 6.69. The zero-order valence-electron chi connectivity index (χ0n) is 17.2. The topological polar surface area (TPSA) is 69.0 Å². The highest BCUT2D eigenvalue weighted by molar-refractivity contribution is 7.99. The van der Waals surface area contributed by atoms with E-state index >= 15 is 0 Å². The molecule has 170 valence electrons. The second-order valence-corrected chi connectivity index (χ2v) is 8.04. The molecule has 11 heteroatoms. The third kappa shape index (κ3) is 5.95. The Morgan fingerprint density at radius 2 is 1.97 bits per heavy atom. The van der Waals surface area contributed by atoms with E-state index in [-0.39, 0.29) is 11.4 Å². The third-order valence-corrected chi connectivity index (χ3v) is 5.65. The number of nitrogens with one attached hydrogen (secondary N) is 1. The lowest BCUT2D eigenvalue weighted by molar-refractivity contribution is -0.137. The predicted octanol–water partition coefficient (Wildman–Crippen LogP) is 5.84. The van der Waals surface area contributed by atoms with Crippen molar-refractivity contribution in [3.05, 3.63) is 64.9 Å². The third-order valence-electron chi connectivity index (χ3n) is 4.37. The number of aromatic nitrogens is 3. The summed E-state index contributed by atoms with van der Waals surface area (Å²) in [6.07, 6.45) is -4.93. The molecular weight excluding hydrogens is 465 g/mol. The van der Waals surface area contributed by atoms with Crippen molar-refractivity contribution >= 4 is 35.0 Å². The smallest absolute Gasteiger partial charge is 0.416 e. The maximum Gasteiger partial charge on any atom is 0.416 e. The lowest BCUT2D eigenvalue weighted by atomic mass is 10.2. The van der Waals surface area contributed by atoms with Crippen molar-refractivity contribution in [2.24, 2.45) is 0 Å². The van der Waals surface area contributed by atoms with E-state index in [1.165, 1.54) is 12.1 Å².